The van der Waals surface area contributed by atoms with Crippen LogP contribution in [-0.2, 0) is 9.59 Å². The van der Waals surface area contributed by atoms with Crippen molar-refractivity contribution in [3.63, 3.8) is 0 Å². The number of nitrogens with one attached hydrogen (secondary N) is 1. The van der Waals surface area contributed by atoms with Crippen LogP contribution in [-0.4, -0.2) is 48.3 Å². The lowest BCUT2D eigenvalue weighted by atomic mass is 10.1. The van der Waals surface area contributed by atoms with Crippen LogP contribution in [0.25, 0.3) is 0 Å². The van der Waals surface area contributed by atoms with Gasteiger partial charge in [0.1, 0.15) is 0 Å². The van der Waals surface area contributed by atoms with Gasteiger partial charge in [-0.3, -0.25) is 14.5 Å². The van der Waals surface area contributed by atoms with Crippen LogP contribution >= 0.6 is 0 Å². The van der Waals surface area contributed by atoms with Gasteiger partial charge in [-0.15, -0.1) is 0 Å². The van der Waals surface area contributed by atoms with Gasteiger partial charge < -0.3 is 10.2 Å². The zero-order valence-electron chi connectivity index (χ0n) is 17.9. The average molecular weight is 418 g/mol. The molecule has 0 heterocycles. The van der Waals surface area contributed by atoms with Gasteiger partial charge in [0.15, 0.2) is 11.6 Å². The minimum atomic E-state index is -0.944. The Morgan fingerprint density at radius 2 is 1.77 bits per heavy atom. The van der Waals surface area contributed by atoms with E-state index in [4.69, 9.17) is 0 Å². The van der Waals surface area contributed by atoms with Gasteiger partial charge in [-0.25, -0.2) is 8.78 Å². The fraction of sp³-hybridized carbons (Fsp3) is 0.391. The summed E-state index contributed by atoms with van der Waals surface area (Å²) in [4.78, 5) is 28.5. The number of rotatable bonds is 9. The zero-order chi connectivity index (χ0) is 22.3. The summed E-state index contributed by atoms with van der Waals surface area (Å²) in [6.45, 7) is 6.36. The normalized spacial score (nSPS) is 12.0. The molecule has 1 N–H and O–H groups in total. The first-order chi connectivity index (χ1) is 14.2. The monoisotopic (exact) mass is 417 g/mol. The number of aryl methyl sites for hydroxylation is 1. The molecule has 7 heteroatoms. The van der Waals surface area contributed by atoms with E-state index in [2.05, 4.69) is 5.32 Å². The molecule has 0 aromatic heterocycles. The first kappa shape index (κ1) is 23.5. The van der Waals surface area contributed by atoms with Gasteiger partial charge in [-0.2, -0.15) is 0 Å². The lowest BCUT2D eigenvalue weighted by Crippen LogP contribution is -2.42. The fourth-order valence-corrected chi connectivity index (χ4v) is 3.15. The molecule has 0 bridgehead atoms. The summed E-state index contributed by atoms with van der Waals surface area (Å²) >= 11 is 0. The molecule has 1 unspecified atom stereocenters. The molecule has 30 heavy (non-hydrogen) atoms. The molecule has 0 aliphatic rings. The van der Waals surface area contributed by atoms with Crippen molar-refractivity contribution in [1.82, 2.24) is 9.80 Å². The molecule has 2 amide bonds. The third-order valence-electron chi connectivity index (χ3n) is 5.09. The highest BCUT2D eigenvalue weighted by Crippen LogP contribution is 2.21. The van der Waals surface area contributed by atoms with Crippen molar-refractivity contribution in [2.24, 2.45) is 0 Å². The molecule has 0 spiro atoms. The number of anilines is 1. The number of halogens is 2. The Morgan fingerprint density at radius 1 is 1.07 bits per heavy atom. The van der Waals surface area contributed by atoms with Crippen LogP contribution in [0, 0.1) is 18.6 Å². The summed E-state index contributed by atoms with van der Waals surface area (Å²) in [5.41, 5.74) is 2.21. The molecule has 5 nitrogen and oxygen atoms in total. The van der Waals surface area contributed by atoms with Crippen LogP contribution in [0.1, 0.15) is 37.4 Å². The van der Waals surface area contributed by atoms with Crippen molar-refractivity contribution >= 4 is 17.5 Å². The maximum absolute atomic E-state index is 13.5. The Balaban J connectivity index is 2.00. The first-order valence-corrected chi connectivity index (χ1v) is 10.0. The Bertz CT molecular complexity index is 889. The molecule has 2 aromatic rings. The number of para-hydroxylation sites is 1. The summed E-state index contributed by atoms with van der Waals surface area (Å²) in [7, 11) is 1.62. The summed E-state index contributed by atoms with van der Waals surface area (Å²) in [5.74, 6) is -2.26. The molecule has 0 aliphatic carbocycles. The highest BCUT2D eigenvalue weighted by Gasteiger charge is 2.22. The smallest absolute Gasteiger partial charge is 0.238 e. The van der Waals surface area contributed by atoms with Crippen LogP contribution in [0.3, 0.4) is 0 Å². The van der Waals surface area contributed by atoms with Gasteiger partial charge in [-0.05, 0) is 56.1 Å². The van der Waals surface area contributed by atoms with Crippen molar-refractivity contribution in [3.8, 4) is 0 Å². The van der Waals surface area contributed by atoms with Gasteiger partial charge in [0.2, 0.25) is 11.8 Å². The maximum Gasteiger partial charge on any atom is 0.238 e. The molecular formula is C23H29F2N3O2. The Morgan fingerprint density at radius 3 is 2.40 bits per heavy atom. The van der Waals surface area contributed by atoms with Gasteiger partial charge in [-0.1, -0.05) is 31.2 Å². The summed E-state index contributed by atoms with van der Waals surface area (Å²) in [6.07, 6.45) is 0.785. The second-order valence-corrected chi connectivity index (χ2v) is 7.43. The van der Waals surface area contributed by atoms with Crippen molar-refractivity contribution in [3.05, 3.63) is 65.2 Å². The molecule has 2 aromatic carbocycles. The minimum Gasteiger partial charge on any atom is -0.338 e. The van der Waals surface area contributed by atoms with E-state index in [1.54, 1.807) is 18.9 Å². The molecule has 0 fully saturated rings. The van der Waals surface area contributed by atoms with Gasteiger partial charge >= 0.3 is 0 Å². The van der Waals surface area contributed by atoms with E-state index in [1.165, 1.54) is 11.0 Å². The van der Waals surface area contributed by atoms with Crippen LogP contribution < -0.4 is 5.32 Å². The van der Waals surface area contributed by atoms with E-state index in [1.807, 2.05) is 38.1 Å². The minimum absolute atomic E-state index is 0.0551. The van der Waals surface area contributed by atoms with E-state index in [-0.39, 0.29) is 24.9 Å². The number of likely N-dealkylation sites (N-methyl/N-ethyl adjacent to an activating group) is 1. The lowest BCUT2D eigenvalue weighted by molar-refractivity contribution is -0.133. The van der Waals surface area contributed by atoms with Crippen molar-refractivity contribution < 1.29 is 18.4 Å². The van der Waals surface area contributed by atoms with Crippen molar-refractivity contribution in [2.75, 3.05) is 32.0 Å². The number of benzene rings is 2. The maximum atomic E-state index is 13.5. The number of amides is 2. The number of hydrogen-bond acceptors (Lipinski definition) is 3. The second kappa shape index (κ2) is 10.8. The number of nitrogens with zero attached hydrogens (tertiary/aromatic N) is 2. The largest absolute Gasteiger partial charge is 0.338 e. The quantitative estimate of drug-likeness (QED) is 0.667. The van der Waals surface area contributed by atoms with Crippen LogP contribution in [0.2, 0.25) is 0 Å². The number of hydrogen-bond donors (Lipinski definition) is 1. The number of carbonyl (C=O) groups excluding carboxylic acids is 2. The van der Waals surface area contributed by atoms with Crippen molar-refractivity contribution in [2.45, 2.75) is 33.2 Å². The Labute approximate surface area is 176 Å². The van der Waals surface area contributed by atoms with E-state index in [0.717, 1.165) is 29.8 Å². The SMILES string of the molecule is CCCN(CC(=O)Nc1ccccc1C)CC(=O)N(C)C(C)c1ccc(F)c(F)c1. The van der Waals surface area contributed by atoms with Crippen LogP contribution in [0.4, 0.5) is 14.5 Å². The van der Waals surface area contributed by atoms with Crippen LogP contribution in [0.15, 0.2) is 42.5 Å². The van der Waals surface area contributed by atoms with Gasteiger partial charge in [0, 0.05) is 12.7 Å². The topological polar surface area (TPSA) is 52.7 Å². The summed E-state index contributed by atoms with van der Waals surface area (Å²) in [5, 5.41) is 2.88. The fourth-order valence-electron chi connectivity index (χ4n) is 3.15. The molecular weight excluding hydrogens is 388 g/mol. The Kier molecular flexibility index (Phi) is 8.47. The van der Waals surface area contributed by atoms with E-state index in [9.17, 15) is 18.4 Å². The molecule has 0 radical (unpaired) electrons. The van der Waals surface area contributed by atoms with Gasteiger partial charge in [0.05, 0.1) is 19.1 Å². The molecule has 2 rings (SSSR count). The third kappa shape index (κ3) is 6.35. The molecule has 0 saturated heterocycles. The predicted octanol–water partition coefficient (Wildman–Crippen LogP) is 4.14. The van der Waals surface area contributed by atoms with Crippen LogP contribution in [0.5, 0.6) is 0 Å². The third-order valence-corrected chi connectivity index (χ3v) is 5.09. The molecule has 0 aliphatic heterocycles. The predicted molar refractivity (Wildman–Crippen MR) is 114 cm³/mol. The second-order valence-electron chi connectivity index (χ2n) is 7.43. The Hall–Kier alpha value is -2.80. The molecule has 162 valence electrons. The van der Waals surface area contributed by atoms with E-state index >= 15 is 0 Å². The summed E-state index contributed by atoms with van der Waals surface area (Å²) in [6, 6.07) is 10.7. The van der Waals surface area contributed by atoms with Crippen molar-refractivity contribution in [1.29, 1.82) is 0 Å². The average Bonchev–Trinajstić information content (AvgIpc) is 2.70. The van der Waals surface area contributed by atoms with E-state index in [0.29, 0.717) is 12.1 Å². The van der Waals surface area contributed by atoms with Gasteiger partial charge in [0.25, 0.3) is 0 Å². The number of carbonyl (C=O) groups is 2. The molecule has 1 atom stereocenters. The highest BCUT2D eigenvalue weighted by atomic mass is 19.2. The van der Waals surface area contributed by atoms with E-state index < -0.39 is 17.7 Å². The zero-order valence-corrected chi connectivity index (χ0v) is 17.9. The lowest BCUT2D eigenvalue weighted by Gasteiger charge is -2.29. The highest BCUT2D eigenvalue weighted by molar-refractivity contribution is 5.93. The summed E-state index contributed by atoms with van der Waals surface area (Å²) < 4.78 is 26.7. The first-order valence-electron chi connectivity index (χ1n) is 10.0. The standard InChI is InChI=1S/C23H29F2N3O2/c1-5-12-28(14-22(29)26-21-9-7-6-8-16(21)2)15-23(30)27(4)17(3)18-10-11-19(24)20(25)13-18/h6-11,13,17H,5,12,14-15H2,1-4H3,(H,26,29). The molecule has 0 saturated carbocycles.